The van der Waals surface area contributed by atoms with Crippen molar-refractivity contribution in [2.45, 2.75) is 26.3 Å². The third-order valence-electron chi connectivity index (χ3n) is 3.15. The van der Waals surface area contributed by atoms with Crippen LogP contribution in [-0.2, 0) is 27.2 Å². The van der Waals surface area contributed by atoms with Crippen LogP contribution in [0.15, 0.2) is 0 Å². The minimum Gasteiger partial charge on any atom is -0.465 e. The SMILES string of the molecule is CCCOCC(=O)Nc1sc2c(c1C(=O)OC)CCNC2. The smallest absolute Gasteiger partial charge is 0.341 e. The van der Waals surface area contributed by atoms with Crippen LogP contribution in [0, 0.1) is 0 Å². The summed E-state index contributed by atoms with van der Waals surface area (Å²) in [5.41, 5.74) is 1.47. The maximum Gasteiger partial charge on any atom is 0.341 e. The second-order valence-electron chi connectivity index (χ2n) is 4.73. The zero-order valence-corrected chi connectivity index (χ0v) is 13.1. The number of ether oxygens (including phenoxy) is 2. The van der Waals surface area contributed by atoms with E-state index in [1.807, 2.05) is 6.92 Å². The van der Waals surface area contributed by atoms with Crippen LogP contribution < -0.4 is 10.6 Å². The molecule has 0 atom stereocenters. The molecule has 0 saturated heterocycles. The zero-order chi connectivity index (χ0) is 15.2. The van der Waals surface area contributed by atoms with Gasteiger partial charge < -0.3 is 20.1 Å². The molecule has 2 rings (SSSR count). The van der Waals surface area contributed by atoms with Gasteiger partial charge in [-0.05, 0) is 24.9 Å². The van der Waals surface area contributed by atoms with Gasteiger partial charge in [0, 0.05) is 18.0 Å². The molecule has 2 heterocycles. The van der Waals surface area contributed by atoms with Gasteiger partial charge >= 0.3 is 5.97 Å². The normalized spacial score (nSPS) is 13.6. The van der Waals surface area contributed by atoms with Crippen molar-refractivity contribution in [3.8, 4) is 0 Å². The van der Waals surface area contributed by atoms with Gasteiger partial charge in [0.2, 0.25) is 0 Å². The summed E-state index contributed by atoms with van der Waals surface area (Å²) in [4.78, 5) is 24.9. The molecule has 0 radical (unpaired) electrons. The number of hydrogen-bond acceptors (Lipinski definition) is 6. The molecule has 21 heavy (non-hydrogen) atoms. The van der Waals surface area contributed by atoms with Gasteiger partial charge in [0.05, 0.1) is 12.7 Å². The van der Waals surface area contributed by atoms with Gasteiger partial charge in [-0.1, -0.05) is 6.92 Å². The highest BCUT2D eigenvalue weighted by molar-refractivity contribution is 7.17. The fourth-order valence-corrected chi connectivity index (χ4v) is 3.43. The molecule has 0 saturated carbocycles. The molecule has 1 aromatic rings. The summed E-state index contributed by atoms with van der Waals surface area (Å²) < 4.78 is 10.1. The third kappa shape index (κ3) is 3.81. The van der Waals surface area contributed by atoms with E-state index in [0.717, 1.165) is 29.8 Å². The molecule has 1 aliphatic heterocycles. The number of amides is 1. The quantitative estimate of drug-likeness (QED) is 0.615. The van der Waals surface area contributed by atoms with Crippen LogP contribution in [0.25, 0.3) is 0 Å². The molecular formula is C14H20N2O4S. The van der Waals surface area contributed by atoms with Crippen molar-refractivity contribution in [1.29, 1.82) is 0 Å². The third-order valence-corrected chi connectivity index (χ3v) is 4.30. The van der Waals surface area contributed by atoms with Gasteiger partial charge in [0.15, 0.2) is 0 Å². The van der Waals surface area contributed by atoms with Crippen LogP contribution >= 0.6 is 11.3 Å². The Morgan fingerprint density at radius 2 is 2.24 bits per heavy atom. The lowest BCUT2D eigenvalue weighted by molar-refractivity contribution is -0.120. The first kappa shape index (κ1) is 15.9. The fraction of sp³-hybridized carbons (Fsp3) is 0.571. The number of carbonyl (C=O) groups is 2. The number of rotatable bonds is 6. The molecule has 116 valence electrons. The van der Waals surface area contributed by atoms with E-state index in [1.165, 1.54) is 18.4 Å². The number of thiophene rings is 1. The van der Waals surface area contributed by atoms with E-state index in [4.69, 9.17) is 9.47 Å². The Labute approximate surface area is 127 Å². The number of carbonyl (C=O) groups excluding carboxylic acids is 2. The molecular weight excluding hydrogens is 292 g/mol. The van der Waals surface area contributed by atoms with Gasteiger partial charge in [0.25, 0.3) is 5.91 Å². The van der Waals surface area contributed by atoms with Crippen molar-refractivity contribution in [3.05, 3.63) is 16.0 Å². The molecule has 7 heteroatoms. The topological polar surface area (TPSA) is 76.7 Å². The average Bonchev–Trinajstić information content (AvgIpc) is 2.84. The highest BCUT2D eigenvalue weighted by Crippen LogP contribution is 2.35. The molecule has 0 spiro atoms. The lowest BCUT2D eigenvalue weighted by atomic mass is 10.0. The standard InChI is InChI=1S/C14H20N2O4S/c1-3-6-20-8-11(17)16-13-12(14(18)19-2)9-4-5-15-7-10(9)21-13/h15H,3-8H2,1-2H3,(H,16,17). The highest BCUT2D eigenvalue weighted by atomic mass is 32.1. The van der Waals surface area contributed by atoms with Crippen LogP contribution in [0.4, 0.5) is 5.00 Å². The number of methoxy groups -OCH3 is 1. The average molecular weight is 312 g/mol. The summed E-state index contributed by atoms with van der Waals surface area (Å²) >= 11 is 1.42. The molecule has 2 N–H and O–H groups in total. The number of hydrogen-bond donors (Lipinski definition) is 2. The second kappa shape index (κ2) is 7.53. The van der Waals surface area contributed by atoms with Crippen molar-refractivity contribution >= 4 is 28.2 Å². The monoisotopic (exact) mass is 312 g/mol. The molecule has 0 bridgehead atoms. The van der Waals surface area contributed by atoms with Gasteiger partial charge in [-0.3, -0.25) is 4.79 Å². The molecule has 6 nitrogen and oxygen atoms in total. The van der Waals surface area contributed by atoms with E-state index >= 15 is 0 Å². The Morgan fingerprint density at radius 3 is 2.95 bits per heavy atom. The Balaban J connectivity index is 2.16. The van der Waals surface area contributed by atoms with E-state index in [0.29, 0.717) is 23.7 Å². The fourth-order valence-electron chi connectivity index (χ4n) is 2.21. The van der Waals surface area contributed by atoms with E-state index < -0.39 is 5.97 Å². The van der Waals surface area contributed by atoms with E-state index in [1.54, 1.807) is 0 Å². The first-order valence-electron chi connectivity index (χ1n) is 6.98. The Morgan fingerprint density at radius 1 is 1.43 bits per heavy atom. The Hall–Kier alpha value is -1.44. The van der Waals surface area contributed by atoms with Crippen LogP contribution in [0.3, 0.4) is 0 Å². The number of nitrogens with one attached hydrogen (secondary N) is 2. The van der Waals surface area contributed by atoms with Crippen LogP contribution in [-0.4, -0.2) is 38.7 Å². The molecule has 1 aromatic heterocycles. The summed E-state index contributed by atoms with van der Waals surface area (Å²) in [6.07, 6.45) is 1.62. The van der Waals surface area contributed by atoms with Crippen molar-refractivity contribution in [1.82, 2.24) is 5.32 Å². The zero-order valence-electron chi connectivity index (χ0n) is 12.3. The summed E-state index contributed by atoms with van der Waals surface area (Å²) in [7, 11) is 1.35. The Bertz CT molecular complexity index is 527. The van der Waals surface area contributed by atoms with E-state index in [9.17, 15) is 9.59 Å². The van der Waals surface area contributed by atoms with Gasteiger partial charge in [-0.2, -0.15) is 0 Å². The van der Waals surface area contributed by atoms with Crippen LogP contribution in [0.5, 0.6) is 0 Å². The van der Waals surface area contributed by atoms with E-state index in [-0.39, 0.29) is 12.5 Å². The van der Waals surface area contributed by atoms with Gasteiger partial charge in [-0.15, -0.1) is 11.3 Å². The van der Waals surface area contributed by atoms with Crippen molar-refractivity contribution < 1.29 is 19.1 Å². The van der Waals surface area contributed by atoms with E-state index in [2.05, 4.69) is 10.6 Å². The lowest BCUT2D eigenvalue weighted by Gasteiger charge is -2.13. The molecule has 0 unspecified atom stereocenters. The molecule has 1 amide bonds. The van der Waals surface area contributed by atoms with Crippen molar-refractivity contribution in [2.75, 3.05) is 32.2 Å². The van der Waals surface area contributed by atoms with Gasteiger partial charge in [-0.25, -0.2) is 4.79 Å². The van der Waals surface area contributed by atoms with Crippen molar-refractivity contribution in [3.63, 3.8) is 0 Å². The summed E-state index contributed by atoms with van der Waals surface area (Å²) in [6.45, 7) is 4.05. The number of anilines is 1. The minimum atomic E-state index is -0.404. The molecule has 1 aliphatic rings. The van der Waals surface area contributed by atoms with Crippen LogP contribution in [0.2, 0.25) is 0 Å². The Kier molecular flexibility index (Phi) is 5.72. The maximum atomic E-state index is 12.0. The molecule has 0 fully saturated rings. The first-order valence-corrected chi connectivity index (χ1v) is 7.80. The minimum absolute atomic E-state index is 0.00469. The molecule has 0 aromatic carbocycles. The highest BCUT2D eigenvalue weighted by Gasteiger charge is 2.26. The summed E-state index contributed by atoms with van der Waals surface area (Å²) in [5.74, 6) is -0.653. The number of esters is 1. The summed E-state index contributed by atoms with van der Waals surface area (Å²) in [5, 5.41) is 6.58. The van der Waals surface area contributed by atoms with Crippen molar-refractivity contribution in [2.24, 2.45) is 0 Å². The number of fused-ring (bicyclic) bond motifs is 1. The molecule has 0 aliphatic carbocycles. The maximum absolute atomic E-state index is 12.0. The predicted molar refractivity (Wildman–Crippen MR) is 80.8 cm³/mol. The predicted octanol–water partition coefficient (Wildman–Crippen LogP) is 1.55. The second-order valence-corrected chi connectivity index (χ2v) is 5.83. The largest absolute Gasteiger partial charge is 0.465 e. The van der Waals surface area contributed by atoms with Gasteiger partial charge in [0.1, 0.15) is 11.6 Å². The van der Waals surface area contributed by atoms with Crippen LogP contribution in [0.1, 0.15) is 34.1 Å². The lowest BCUT2D eigenvalue weighted by Crippen LogP contribution is -2.24. The first-order chi connectivity index (χ1) is 10.2. The summed E-state index contributed by atoms with van der Waals surface area (Å²) in [6, 6.07) is 0.